The summed E-state index contributed by atoms with van der Waals surface area (Å²) in [7, 11) is 0. The summed E-state index contributed by atoms with van der Waals surface area (Å²) in [5, 5.41) is 17.4. The van der Waals surface area contributed by atoms with E-state index in [1.807, 2.05) is 18.2 Å². The molecule has 20 heavy (non-hydrogen) atoms. The van der Waals surface area contributed by atoms with Crippen molar-refractivity contribution < 1.29 is 5.11 Å². The highest BCUT2D eigenvalue weighted by molar-refractivity contribution is 7.17. The molecule has 2 aromatic carbocycles. The van der Waals surface area contributed by atoms with E-state index in [0.29, 0.717) is 11.6 Å². The van der Waals surface area contributed by atoms with Gasteiger partial charge >= 0.3 is 0 Å². The molecule has 1 heterocycles. The molecule has 0 aliphatic rings. The Balaban J connectivity index is 1.67. The number of aliphatic hydroxyl groups excluding tert-OH is 1. The number of thiophene rings is 1. The van der Waals surface area contributed by atoms with Crippen molar-refractivity contribution in [2.75, 3.05) is 11.9 Å². The highest BCUT2D eigenvalue weighted by Crippen LogP contribution is 2.24. The first kappa shape index (κ1) is 13.4. The van der Waals surface area contributed by atoms with E-state index in [9.17, 15) is 5.11 Å². The first-order valence-corrected chi connectivity index (χ1v) is 7.63. The molecule has 4 heteroatoms. The lowest BCUT2D eigenvalue weighted by Crippen LogP contribution is -2.11. The Labute approximate surface area is 126 Å². The smallest absolute Gasteiger partial charge is 0.0962 e. The molecule has 3 aromatic rings. The van der Waals surface area contributed by atoms with Gasteiger partial charge in [0.05, 0.1) is 6.10 Å². The Bertz CT molecular complexity index is 708. The Morgan fingerprint density at radius 2 is 1.90 bits per heavy atom. The molecule has 0 aliphatic carbocycles. The minimum Gasteiger partial charge on any atom is -0.387 e. The highest BCUT2D eigenvalue weighted by atomic mass is 35.5. The van der Waals surface area contributed by atoms with Crippen LogP contribution in [-0.2, 0) is 0 Å². The van der Waals surface area contributed by atoms with Gasteiger partial charge in [0.2, 0.25) is 0 Å². The van der Waals surface area contributed by atoms with Crippen LogP contribution in [0, 0.1) is 0 Å². The van der Waals surface area contributed by atoms with Gasteiger partial charge < -0.3 is 10.4 Å². The van der Waals surface area contributed by atoms with E-state index in [0.717, 1.165) is 11.3 Å². The maximum Gasteiger partial charge on any atom is 0.0962 e. The lowest BCUT2D eigenvalue weighted by molar-refractivity contribution is 0.191. The Morgan fingerprint density at radius 1 is 1.10 bits per heavy atom. The number of fused-ring (bicyclic) bond motifs is 1. The van der Waals surface area contributed by atoms with E-state index in [1.54, 1.807) is 23.5 Å². The van der Waals surface area contributed by atoms with Crippen molar-refractivity contribution in [2.45, 2.75) is 6.10 Å². The molecule has 0 radical (unpaired) electrons. The molecule has 1 atom stereocenters. The van der Waals surface area contributed by atoms with E-state index in [-0.39, 0.29) is 0 Å². The third-order valence-electron chi connectivity index (χ3n) is 3.21. The van der Waals surface area contributed by atoms with Crippen LogP contribution in [0.2, 0.25) is 5.02 Å². The van der Waals surface area contributed by atoms with Crippen LogP contribution in [-0.4, -0.2) is 11.7 Å². The van der Waals surface area contributed by atoms with Gasteiger partial charge in [-0.2, -0.15) is 0 Å². The number of anilines is 1. The van der Waals surface area contributed by atoms with Gasteiger partial charge in [0.25, 0.3) is 0 Å². The van der Waals surface area contributed by atoms with E-state index < -0.39 is 6.10 Å². The van der Waals surface area contributed by atoms with E-state index in [2.05, 4.69) is 28.9 Å². The average Bonchev–Trinajstić information content (AvgIpc) is 2.93. The normalized spacial score (nSPS) is 12.5. The zero-order valence-corrected chi connectivity index (χ0v) is 12.3. The molecule has 0 spiro atoms. The first-order chi connectivity index (χ1) is 9.72. The Hall–Kier alpha value is -1.55. The van der Waals surface area contributed by atoms with E-state index in [1.165, 1.54) is 10.1 Å². The summed E-state index contributed by atoms with van der Waals surface area (Å²) in [4.78, 5) is 0. The van der Waals surface area contributed by atoms with Crippen molar-refractivity contribution in [1.82, 2.24) is 0 Å². The number of benzene rings is 2. The molecular formula is C16H14ClNOS. The van der Waals surface area contributed by atoms with Gasteiger partial charge in [0.15, 0.2) is 0 Å². The molecular weight excluding hydrogens is 290 g/mol. The molecule has 0 fully saturated rings. The SMILES string of the molecule is OC(CNc1ccc2sccc2c1)c1ccc(Cl)cc1. The van der Waals surface area contributed by atoms with Crippen LogP contribution >= 0.6 is 22.9 Å². The monoisotopic (exact) mass is 303 g/mol. The lowest BCUT2D eigenvalue weighted by atomic mass is 10.1. The standard InChI is InChI=1S/C16H14ClNOS/c17-13-3-1-11(2-4-13)15(19)10-18-14-5-6-16-12(9-14)7-8-20-16/h1-9,15,18-19H,10H2. The van der Waals surface area contributed by atoms with Crippen LogP contribution in [0.4, 0.5) is 5.69 Å². The van der Waals surface area contributed by atoms with Crippen molar-refractivity contribution in [1.29, 1.82) is 0 Å². The number of rotatable bonds is 4. The molecule has 0 saturated carbocycles. The van der Waals surface area contributed by atoms with Crippen LogP contribution in [0.25, 0.3) is 10.1 Å². The van der Waals surface area contributed by atoms with E-state index in [4.69, 9.17) is 11.6 Å². The molecule has 1 aromatic heterocycles. The third-order valence-corrected chi connectivity index (χ3v) is 4.36. The van der Waals surface area contributed by atoms with Gasteiger partial charge in [0, 0.05) is 22.0 Å². The van der Waals surface area contributed by atoms with Crippen molar-refractivity contribution in [3.8, 4) is 0 Å². The van der Waals surface area contributed by atoms with Gasteiger partial charge in [-0.25, -0.2) is 0 Å². The summed E-state index contributed by atoms with van der Waals surface area (Å²) in [6.07, 6.45) is -0.551. The van der Waals surface area contributed by atoms with Crippen molar-refractivity contribution >= 4 is 38.7 Å². The molecule has 3 rings (SSSR count). The fourth-order valence-corrected chi connectivity index (χ4v) is 2.99. The van der Waals surface area contributed by atoms with E-state index >= 15 is 0 Å². The Morgan fingerprint density at radius 3 is 2.70 bits per heavy atom. The molecule has 1 unspecified atom stereocenters. The summed E-state index contributed by atoms with van der Waals surface area (Å²) >= 11 is 7.57. The molecule has 102 valence electrons. The minimum atomic E-state index is -0.551. The zero-order valence-electron chi connectivity index (χ0n) is 10.7. The van der Waals surface area contributed by atoms with Gasteiger partial charge in [-0.15, -0.1) is 11.3 Å². The zero-order chi connectivity index (χ0) is 13.9. The molecule has 2 N–H and O–H groups in total. The fraction of sp³-hybridized carbons (Fsp3) is 0.125. The van der Waals surface area contributed by atoms with Crippen LogP contribution in [0.5, 0.6) is 0 Å². The van der Waals surface area contributed by atoms with Crippen LogP contribution in [0.1, 0.15) is 11.7 Å². The first-order valence-electron chi connectivity index (χ1n) is 6.37. The fourth-order valence-electron chi connectivity index (χ4n) is 2.09. The number of nitrogens with one attached hydrogen (secondary N) is 1. The summed E-state index contributed by atoms with van der Waals surface area (Å²) < 4.78 is 1.27. The Kier molecular flexibility index (Phi) is 3.92. The lowest BCUT2D eigenvalue weighted by Gasteiger charge is -2.13. The summed E-state index contributed by atoms with van der Waals surface area (Å²) in [6, 6.07) is 15.6. The number of halogens is 1. The minimum absolute atomic E-state index is 0.470. The molecule has 0 saturated heterocycles. The molecule has 0 bridgehead atoms. The predicted octanol–water partition coefficient (Wildman–Crippen LogP) is 4.70. The number of hydrogen-bond donors (Lipinski definition) is 2. The van der Waals surface area contributed by atoms with Gasteiger partial charge in [-0.05, 0) is 52.7 Å². The second kappa shape index (κ2) is 5.83. The number of hydrogen-bond acceptors (Lipinski definition) is 3. The maximum atomic E-state index is 10.1. The average molecular weight is 304 g/mol. The molecule has 2 nitrogen and oxygen atoms in total. The van der Waals surface area contributed by atoms with Gasteiger partial charge in [-0.1, -0.05) is 23.7 Å². The van der Waals surface area contributed by atoms with Crippen molar-refractivity contribution in [2.24, 2.45) is 0 Å². The second-order valence-electron chi connectivity index (χ2n) is 4.62. The largest absolute Gasteiger partial charge is 0.387 e. The van der Waals surface area contributed by atoms with Gasteiger partial charge in [0.1, 0.15) is 0 Å². The quantitative estimate of drug-likeness (QED) is 0.732. The van der Waals surface area contributed by atoms with Crippen LogP contribution < -0.4 is 5.32 Å². The highest BCUT2D eigenvalue weighted by Gasteiger charge is 2.07. The van der Waals surface area contributed by atoms with Crippen LogP contribution in [0.3, 0.4) is 0 Å². The molecule has 0 amide bonds. The summed E-state index contributed by atoms with van der Waals surface area (Å²) in [6.45, 7) is 0.470. The maximum absolute atomic E-state index is 10.1. The second-order valence-corrected chi connectivity index (χ2v) is 6.01. The molecule has 0 aliphatic heterocycles. The topological polar surface area (TPSA) is 32.3 Å². The summed E-state index contributed by atoms with van der Waals surface area (Å²) in [5.74, 6) is 0. The predicted molar refractivity (Wildman–Crippen MR) is 86.7 cm³/mol. The third kappa shape index (κ3) is 2.96. The van der Waals surface area contributed by atoms with Crippen molar-refractivity contribution in [3.63, 3.8) is 0 Å². The number of aliphatic hydroxyl groups is 1. The summed E-state index contributed by atoms with van der Waals surface area (Å²) in [5.41, 5.74) is 1.88. The van der Waals surface area contributed by atoms with Crippen molar-refractivity contribution in [3.05, 3.63) is 64.5 Å². The van der Waals surface area contributed by atoms with Crippen LogP contribution in [0.15, 0.2) is 53.9 Å². The van der Waals surface area contributed by atoms with Gasteiger partial charge in [-0.3, -0.25) is 0 Å².